The highest BCUT2D eigenvalue weighted by molar-refractivity contribution is 9.10. The summed E-state index contributed by atoms with van der Waals surface area (Å²) >= 11 is 3.46. The van der Waals surface area contributed by atoms with Gasteiger partial charge in [0, 0.05) is 29.3 Å². The average molecular weight is 359 g/mol. The molecule has 2 aromatic carbocycles. The minimum atomic E-state index is 0.283. The van der Waals surface area contributed by atoms with E-state index < -0.39 is 0 Å². The number of phenolic OH excluding ortho intramolecular Hbond substituents is 1. The van der Waals surface area contributed by atoms with Crippen molar-refractivity contribution in [2.75, 3.05) is 18.0 Å². The molecule has 0 saturated carbocycles. The van der Waals surface area contributed by atoms with Gasteiger partial charge in [-0.2, -0.15) is 0 Å². The van der Waals surface area contributed by atoms with Crippen LogP contribution in [0.15, 0.2) is 45.9 Å². The molecule has 22 heavy (non-hydrogen) atoms. The normalized spacial score (nSPS) is 14.9. The topological polar surface area (TPSA) is 35.8 Å². The molecule has 0 atom stereocenters. The van der Waals surface area contributed by atoms with E-state index in [1.807, 2.05) is 37.3 Å². The van der Waals surface area contributed by atoms with Gasteiger partial charge in [-0.3, -0.25) is 4.99 Å². The number of anilines is 1. The first-order valence-corrected chi connectivity index (χ1v) is 8.31. The van der Waals surface area contributed by atoms with Gasteiger partial charge in [-0.1, -0.05) is 28.1 Å². The van der Waals surface area contributed by atoms with Gasteiger partial charge in [-0.25, -0.2) is 0 Å². The second kappa shape index (κ2) is 6.53. The van der Waals surface area contributed by atoms with E-state index >= 15 is 0 Å². The van der Waals surface area contributed by atoms with Crippen LogP contribution in [0.1, 0.15) is 24.0 Å². The maximum Gasteiger partial charge on any atom is 0.127 e. The molecular weight excluding hydrogens is 340 g/mol. The van der Waals surface area contributed by atoms with Crippen molar-refractivity contribution in [3.63, 3.8) is 0 Å². The maximum atomic E-state index is 10.2. The number of aliphatic imine (C=N–C) groups is 1. The minimum Gasteiger partial charge on any atom is -0.507 e. The van der Waals surface area contributed by atoms with Crippen molar-refractivity contribution < 1.29 is 5.11 Å². The minimum absolute atomic E-state index is 0.283. The SMILES string of the molecule is Cc1cc(Br)cc(C=Nc2ccccc2N2CCCC2)c1O. The number of rotatable bonds is 3. The third-order valence-electron chi connectivity index (χ3n) is 3.97. The van der Waals surface area contributed by atoms with E-state index in [1.54, 1.807) is 6.21 Å². The predicted octanol–water partition coefficient (Wildman–Crippen LogP) is 4.81. The summed E-state index contributed by atoms with van der Waals surface area (Å²) in [6.07, 6.45) is 4.22. The van der Waals surface area contributed by atoms with Crippen molar-refractivity contribution in [3.8, 4) is 5.75 Å². The van der Waals surface area contributed by atoms with Crippen LogP contribution in [0.4, 0.5) is 11.4 Å². The summed E-state index contributed by atoms with van der Waals surface area (Å²) in [6.45, 7) is 4.07. The van der Waals surface area contributed by atoms with E-state index in [1.165, 1.54) is 18.5 Å². The first-order chi connectivity index (χ1) is 10.6. The zero-order valence-electron chi connectivity index (χ0n) is 12.6. The zero-order chi connectivity index (χ0) is 15.5. The molecule has 1 aliphatic rings. The van der Waals surface area contributed by atoms with Crippen LogP contribution in [0.5, 0.6) is 5.75 Å². The largest absolute Gasteiger partial charge is 0.507 e. The van der Waals surface area contributed by atoms with Gasteiger partial charge in [0.1, 0.15) is 5.75 Å². The van der Waals surface area contributed by atoms with E-state index in [9.17, 15) is 5.11 Å². The summed E-state index contributed by atoms with van der Waals surface area (Å²) in [5, 5.41) is 10.2. The summed E-state index contributed by atoms with van der Waals surface area (Å²) in [5.74, 6) is 0.283. The molecule has 0 aliphatic carbocycles. The Balaban J connectivity index is 1.93. The molecule has 3 nitrogen and oxygen atoms in total. The van der Waals surface area contributed by atoms with Crippen molar-refractivity contribution in [2.24, 2.45) is 4.99 Å². The number of aromatic hydroxyl groups is 1. The summed E-state index contributed by atoms with van der Waals surface area (Å²) < 4.78 is 0.942. The molecule has 0 amide bonds. The number of aryl methyl sites for hydroxylation is 1. The second-order valence-corrected chi connectivity index (χ2v) is 6.52. The molecule has 0 spiro atoms. The summed E-state index contributed by atoms with van der Waals surface area (Å²) in [6, 6.07) is 12.0. The highest BCUT2D eigenvalue weighted by atomic mass is 79.9. The Morgan fingerprint density at radius 2 is 1.91 bits per heavy atom. The molecule has 2 aromatic rings. The van der Waals surface area contributed by atoms with Gasteiger partial charge in [0.05, 0.1) is 11.4 Å². The maximum absolute atomic E-state index is 10.2. The van der Waals surface area contributed by atoms with Gasteiger partial charge < -0.3 is 10.0 Å². The summed E-state index contributed by atoms with van der Waals surface area (Å²) in [7, 11) is 0. The summed E-state index contributed by atoms with van der Waals surface area (Å²) in [4.78, 5) is 6.99. The zero-order valence-corrected chi connectivity index (χ0v) is 14.2. The van der Waals surface area contributed by atoms with Crippen molar-refractivity contribution in [1.29, 1.82) is 0 Å². The smallest absolute Gasteiger partial charge is 0.127 e. The van der Waals surface area contributed by atoms with Crippen LogP contribution in [0.2, 0.25) is 0 Å². The second-order valence-electron chi connectivity index (χ2n) is 5.60. The first-order valence-electron chi connectivity index (χ1n) is 7.52. The quantitative estimate of drug-likeness (QED) is 0.798. The number of hydrogen-bond acceptors (Lipinski definition) is 3. The summed E-state index contributed by atoms with van der Waals surface area (Å²) in [5.41, 5.74) is 3.68. The van der Waals surface area contributed by atoms with E-state index in [0.717, 1.165) is 34.4 Å². The van der Waals surface area contributed by atoms with Crippen LogP contribution < -0.4 is 4.90 Å². The van der Waals surface area contributed by atoms with Gasteiger partial charge in [0.15, 0.2) is 0 Å². The fourth-order valence-electron chi connectivity index (χ4n) is 2.80. The number of benzene rings is 2. The molecule has 4 heteroatoms. The van der Waals surface area contributed by atoms with Gasteiger partial charge in [-0.05, 0) is 49.6 Å². The molecule has 0 bridgehead atoms. The van der Waals surface area contributed by atoms with Crippen LogP contribution in [-0.4, -0.2) is 24.4 Å². The highest BCUT2D eigenvalue weighted by Gasteiger charge is 2.14. The van der Waals surface area contributed by atoms with Crippen LogP contribution >= 0.6 is 15.9 Å². The molecule has 1 saturated heterocycles. The fraction of sp³-hybridized carbons (Fsp3) is 0.278. The lowest BCUT2D eigenvalue weighted by Gasteiger charge is -2.19. The van der Waals surface area contributed by atoms with Gasteiger partial charge in [0.2, 0.25) is 0 Å². The van der Waals surface area contributed by atoms with Crippen molar-refractivity contribution in [1.82, 2.24) is 0 Å². The Morgan fingerprint density at radius 1 is 1.18 bits per heavy atom. The van der Waals surface area contributed by atoms with Gasteiger partial charge in [-0.15, -0.1) is 0 Å². The Morgan fingerprint density at radius 3 is 2.68 bits per heavy atom. The van der Waals surface area contributed by atoms with Crippen LogP contribution in [-0.2, 0) is 0 Å². The van der Waals surface area contributed by atoms with Crippen molar-refractivity contribution >= 4 is 33.5 Å². The first kappa shape index (κ1) is 15.1. The molecule has 0 radical (unpaired) electrons. The number of phenols is 1. The number of para-hydroxylation sites is 2. The van der Waals surface area contributed by atoms with Gasteiger partial charge in [0.25, 0.3) is 0 Å². The molecule has 1 heterocycles. The standard InChI is InChI=1S/C18H19BrN2O/c1-13-10-15(19)11-14(18(13)22)12-20-16-6-2-3-7-17(16)21-8-4-5-9-21/h2-3,6-7,10-12,22H,4-5,8-9H2,1H3. The van der Waals surface area contributed by atoms with E-state index in [2.05, 4.69) is 31.9 Å². The molecule has 1 fully saturated rings. The molecule has 1 aliphatic heterocycles. The molecular formula is C18H19BrN2O. The Hall–Kier alpha value is -1.81. The Labute approximate surface area is 139 Å². The van der Waals surface area contributed by atoms with E-state index in [4.69, 9.17) is 0 Å². The lowest BCUT2D eigenvalue weighted by atomic mass is 10.1. The Bertz CT molecular complexity index is 706. The molecule has 0 unspecified atom stereocenters. The molecule has 3 rings (SSSR count). The number of halogens is 1. The van der Waals surface area contributed by atoms with Crippen molar-refractivity contribution in [2.45, 2.75) is 19.8 Å². The molecule has 114 valence electrons. The van der Waals surface area contributed by atoms with E-state index in [0.29, 0.717) is 0 Å². The monoisotopic (exact) mass is 358 g/mol. The van der Waals surface area contributed by atoms with Crippen LogP contribution in [0.3, 0.4) is 0 Å². The van der Waals surface area contributed by atoms with Crippen LogP contribution in [0.25, 0.3) is 0 Å². The third kappa shape index (κ3) is 3.17. The average Bonchev–Trinajstić information content (AvgIpc) is 3.04. The van der Waals surface area contributed by atoms with Crippen molar-refractivity contribution in [3.05, 3.63) is 52.0 Å². The third-order valence-corrected chi connectivity index (χ3v) is 4.42. The Kier molecular flexibility index (Phi) is 4.48. The fourth-order valence-corrected chi connectivity index (χ4v) is 3.39. The number of hydrogen-bond donors (Lipinski definition) is 1. The predicted molar refractivity (Wildman–Crippen MR) is 95.7 cm³/mol. The highest BCUT2D eigenvalue weighted by Crippen LogP contribution is 2.32. The number of nitrogens with zero attached hydrogens (tertiary/aromatic N) is 2. The lowest BCUT2D eigenvalue weighted by molar-refractivity contribution is 0.470. The molecule has 0 aromatic heterocycles. The van der Waals surface area contributed by atoms with Crippen LogP contribution in [0, 0.1) is 6.92 Å². The van der Waals surface area contributed by atoms with Gasteiger partial charge >= 0.3 is 0 Å². The lowest BCUT2D eigenvalue weighted by Crippen LogP contribution is -2.17. The molecule has 1 N–H and O–H groups in total. The van der Waals surface area contributed by atoms with E-state index in [-0.39, 0.29) is 5.75 Å².